The molecule has 0 aliphatic heterocycles. The van der Waals surface area contributed by atoms with E-state index in [0.29, 0.717) is 15.0 Å². The van der Waals surface area contributed by atoms with Crippen molar-refractivity contribution in [2.45, 2.75) is 18.4 Å². The number of rotatable bonds is 5. The Hall–Kier alpha value is -1.67. The van der Waals surface area contributed by atoms with Gasteiger partial charge in [-0.3, -0.25) is 0 Å². The van der Waals surface area contributed by atoms with Crippen LogP contribution in [0.3, 0.4) is 0 Å². The molecule has 136 valence electrons. The zero-order chi connectivity index (χ0) is 18.9. The zero-order valence-corrected chi connectivity index (χ0v) is 17.2. The predicted octanol–water partition coefficient (Wildman–Crippen LogP) is 4.45. The van der Waals surface area contributed by atoms with Crippen molar-refractivity contribution in [3.05, 3.63) is 63.2 Å². The molecule has 0 aliphatic carbocycles. The number of hydrogen-bond acceptors (Lipinski definition) is 4. The van der Waals surface area contributed by atoms with Crippen LogP contribution >= 0.6 is 27.5 Å². The van der Waals surface area contributed by atoms with Crippen LogP contribution in [-0.4, -0.2) is 20.5 Å². The molecule has 26 heavy (non-hydrogen) atoms. The third-order valence-corrected chi connectivity index (χ3v) is 6.18. The predicted molar refractivity (Wildman–Crippen MR) is 106 cm³/mol. The smallest absolute Gasteiger partial charge is 0.244 e. The van der Waals surface area contributed by atoms with Gasteiger partial charge in [0, 0.05) is 27.1 Å². The van der Waals surface area contributed by atoms with Gasteiger partial charge in [0.25, 0.3) is 0 Å². The van der Waals surface area contributed by atoms with E-state index in [0.717, 1.165) is 16.6 Å². The molecule has 1 heterocycles. The van der Waals surface area contributed by atoms with Crippen LogP contribution in [-0.2, 0) is 16.6 Å². The summed E-state index contributed by atoms with van der Waals surface area (Å²) in [5.41, 5.74) is 2.06. The number of sulfonamides is 1. The van der Waals surface area contributed by atoms with Crippen LogP contribution in [0.2, 0.25) is 5.02 Å². The lowest BCUT2D eigenvalue weighted by atomic mass is 10.2. The Bertz CT molecular complexity index is 1070. The van der Waals surface area contributed by atoms with Crippen LogP contribution in [0.15, 0.2) is 51.8 Å². The summed E-state index contributed by atoms with van der Waals surface area (Å²) in [5.74, 6) is 0.218. The summed E-state index contributed by atoms with van der Waals surface area (Å²) < 4.78 is 34.4. The minimum atomic E-state index is -3.82. The lowest BCUT2D eigenvalue weighted by Crippen LogP contribution is -2.24. The number of nitrogens with one attached hydrogen (secondary N) is 1. The monoisotopic (exact) mass is 454 g/mol. The first-order valence-electron chi connectivity index (χ1n) is 7.70. The average Bonchev–Trinajstić information content (AvgIpc) is 2.61. The maximum atomic E-state index is 12.9. The lowest BCUT2D eigenvalue weighted by molar-refractivity contribution is 0.406. The molecule has 0 spiro atoms. The van der Waals surface area contributed by atoms with E-state index in [9.17, 15) is 8.42 Å². The standard InChI is InChI=1S/C18H16BrClN2O3S/c1-11-3-8-14-15(19)9-16(18(25-2)17(14)22-11)26(23,24)21-10-12-4-6-13(20)7-5-12/h3-9,21H,10H2,1-2H3. The molecule has 0 amide bonds. The van der Waals surface area contributed by atoms with E-state index in [4.69, 9.17) is 16.3 Å². The largest absolute Gasteiger partial charge is 0.493 e. The number of halogens is 2. The maximum absolute atomic E-state index is 12.9. The summed E-state index contributed by atoms with van der Waals surface area (Å²) in [7, 11) is -2.38. The Kier molecular flexibility index (Phi) is 5.53. The highest BCUT2D eigenvalue weighted by atomic mass is 79.9. The molecular weight excluding hydrogens is 440 g/mol. The van der Waals surface area contributed by atoms with Crippen molar-refractivity contribution in [2.75, 3.05) is 7.11 Å². The van der Waals surface area contributed by atoms with Crippen LogP contribution in [0.4, 0.5) is 0 Å². The second-order valence-electron chi connectivity index (χ2n) is 5.69. The third-order valence-electron chi connectivity index (χ3n) is 3.86. The molecule has 0 saturated carbocycles. The van der Waals surface area contributed by atoms with E-state index < -0.39 is 10.0 Å². The van der Waals surface area contributed by atoms with Crippen LogP contribution in [0.1, 0.15) is 11.3 Å². The highest BCUT2D eigenvalue weighted by Crippen LogP contribution is 2.36. The summed E-state index contributed by atoms with van der Waals surface area (Å²) in [6, 6.07) is 12.2. The first kappa shape index (κ1) is 19.1. The summed E-state index contributed by atoms with van der Waals surface area (Å²) in [5, 5.41) is 1.38. The lowest BCUT2D eigenvalue weighted by Gasteiger charge is -2.14. The number of benzene rings is 2. The third kappa shape index (κ3) is 3.86. The second kappa shape index (κ2) is 7.52. The molecule has 1 N–H and O–H groups in total. The molecule has 0 radical (unpaired) electrons. The summed E-state index contributed by atoms with van der Waals surface area (Å²) in [6.45, 7) is 1.98. The molecule has 0 aliphatic rings. The van der Waals surface area contributed by atoms with Gasteiger partial charge in [0.1, 0.15) is 10.4 Å². The van der Waals surface area contributed by atoms with Crippen molar-refractivity contribution in [2.24, 2.45) is 0 Å². The van der Waals surface area contributed by atoms with Crippen molar-refractivity contribution in [3.8, 4) is 5.75 Å². The zero-order valence-electron chi connectivity index (χ0n) is 14.1. The molecule has 2 aromatic carbocycles. The number of hydrogen-bond donors (Lipinski definition) is 1. The van der Waals surface area contributed by atoms with Crippen molar-refractivity contribution in [1.29, 1.82) is 0 Å². The molecule has 0 bridgehead atoms. The number of aromatic nitrogens is 1. The number of nitrogens with zero attached hydrogens (tertiary/aromatic N) is 1. The van der Waals surface area contributed by atoms with Gasteiger partial charge in [-0.05, 0) is 42.8 Å². The van der Waals surface area contributed by atoms with Crippen LogP contribution in [0.5, 0.6) is 5.75 Å². The van der Waals surface area contributed by atoms with E-state index in [1.165, 1.54) is 13.2 Å². The number of methoxy groups -OCH3 is 1. The van der Waals surface area contributed by atoms with Crippen molar-refractivity contribution in [1.82, 2.24) is 9.71 Å². The van der Waals surface area contributed by atoms with E-state index >= 15 is 0 Å². The van der Waals surface area contributed by atoms with Gasteiger partial charge in [-0.1, -0.05) is 39.7 Å². The first-order valence-corrected chi connectivity index (χ1v) is 10.3. The van der Waals surface area contributed by atoms with Crippen molar-refractivity contribution < 1.29 is 13.2 Å². The second-order valence-corrected chi connectivity index (χ2v) is 8.72. The van der Waals surface area contributed by atoms with Gasteiger partial charge in [0.2, 0.25) is 10.0 Å². The number of pyridine rings is 1. The highest BCUT2D eigenvalue weighted by molar-refractivity contribution is 9.10. The Morgan fingerprint density at radius 1 is 1.19 bits per heavy atom. The van der Waals surface area contributed by atoms with Crippen molar-refractivity contribution >= 4 is 48.5 Å². The quantitative estimate of drug-likeness (QED) is 0.617. The summed E-state index contributed by atoms with van der Waals surface area (Å²) in [4.78, 5) is 4.48. The van der Waals surface area contributed by atoms with Crippen LogP contribution in [0.25, 0.3) is 10.9 Å². The van der Waals surface area contributed by atoms with Gasteiger partial charge < -0.3 is 4.74 Å². The van der Waals surface area contributed by atoms with E-state index in [-0.39, 0.29) is 17.2 Å². The van der Waals surface area contributed by atoms with E-state index in [1.807, 2.05) is 19.1 Å². The number of aryl methyl sites for hydroxylation is 1. The average molecular weight is 456 g/mol. The maximum Gasteiger partial charge on any atom is 0.244 e. The Morgan fingerprint density at radius 2 is 1.88 bits per heavy atom. The fraction of sp³-hybridized carbons (Fsp3) is 0.167. The Labute approximate surface area is 165 Å². The SMILES string of the molecule is COc1c(S(=O)(=O)NCc2ccc(Cl)cc2)cc(Br)c2ccc(C)nc12. The van der Waals surface area contributed by atoms with Crippen LogP contribution in [0, 0.1) is 6.92 Å². The molecule has 0 saturated heterocycles. The number of ether oxygens (including phenoxy) is 1. The summed E-state index contributed by atoms with van der Waals surface area (Å²) >= 11 is 9.29. The Balaban J connectivity index is 2.03. The topological polar surface area (TPSA) is 68.3 Å². The van der Waals surface area contributed by atoms with Gasteiger partial charge >= 0.3 is 0 Å². The Morgan fingerprint density at radius 3 is 2.54 bits per heavy atom. The minimum absolute atomic E-state index is 0.0337. The molecule has 0 fully saturated rings. The van der Waals surface area contributed by atoms with E-state index in [1.54, 1.807) is 24.3 Å². The molecule has 3 aromatic rings. The normalized spacial score (nSPS) is 11.7. The van der Waals surface area contributed by atoms with Crippen LogP contribution < -0.4 is 9.46 Å². The highest BCUT2D eigenvalue weighted by Gasteiger charge is 2.24. The molecule has 0 atom stereocenters. The van der Waals surface area contributed by atoms with Gasteiger partial charge in [0.05, 0.1) is 7.11 Å². The molecule has 0 unspecified atom stereocenters. The minimum Gasteiger partial charge on any atom is -0.493 e. The molecule has 3 rings (SSSR count). The van der Waals surface area contributed by atoms with Gasteiger partial charge in [-0.25, -0.2) is 18.1 Å². The molecule has 8 heteroatoms. The van der Waals surface area contributed by atoms with E-state index in [2.05, 4.69) is 25.6 Å². The van der Waals surface area contributed by atoms with Crippen molar-refractivity contribution in [3.63, 3.8) is 0 Å². The van der Waals surface area contributed by atoms with Gasteiger partial charge in [0.15, 0.2) is 5.75 Å². The number of fused-ring (bicyclic) bond motifs is 1. The van der Waals surface area contributed by atoms with Gasteiger partial charge in [-0.2, -0.15) is 0 Å². The van der Waals surface area contributed by atoms with Gasteiger partial charge in [-0.15, -0.1) is 0 Å². The summed E-state index contributed by atoms with van der Waals surface area (Å²) in [6.07, 6.45) is 0. The first-order chi connectivity index (χ1) is 12.3. The fourth-order valence-corrected chi connectivity index (χ4v) is 4.59. The molecule has 1 aromatic heterocycles. The molecule has 5 nitrogen and oxygen atoms in total. The molecular formula is C18H16BrClN2O3S. The fourth-order valence-electron chi connectivity index (χ4n) is 2.55.